The molecule has 0 unspecified atom stereocenters. The first-order chi connectivity index (χ1) is 9.54. The zero-order valence-electron chi connectivity index (χ0n) is 10.7. The van der Waals surface area contributed by atoms with Gasteiger partial charge in [0.1, 0.15) is 0 Å². The van der Waals surface area contributed by atoms with Crippen LogP contribution >= 0.6 is 28.3 Å². The van der Waals surface area contributed by atoms with Crippen molar-refractivity contribution in [2.24, 2.45) is 0 Å². The van der Waals surface area contributed by atoms with Crippen LogP contribution < -0.4 is 0 Å². The summed E-state index contributed by atoms with van der Waals surface area (Å²) in [5, 5.41) is 4.71. The third kappa shape index (κ3) is 2.86. The monoisotopic (exact) mass is 322 g/mol. The Balaban J connectivity index is 2.25. The van der Waals surface area contributed by atoms with Gasteiger partial charge in [-0.15, -0.1) is 0 Å². The fraction of sp³-hybridized carbons (Fsp3) is 0.125. The van der Waals surface area contributed by atoms with Gasteiger partial charge in [-0.25, -0.2) is 0 Å². The molecule has 0 aliphatic heterocycles. The highest BCUT2D eigenvalue weighted by Crippen LogP contribution is 2.56. The predicted octanol–water partition coefficient (Wildman–Crippen LogP) is 6.21. The maximum atomic E-state index is 11.6. The average Bonchev–Trinajstić information content (AvgIpc) is 2.42. The Hall–Kier alpha value is -1.01. The van der Waals surface area contributed by atoms with Crippen LogP contribution in [-0.4, -0.2) is 6.16 Å². The Morgan fingerprint density at radius 2 is 1.35 bits per heavy atom. The maximum absolute atomic E-state index is 11.6. The Labute approximate surface area is 127 Å². The van der Waals surface area contributed by atoms with Crippen molar-refractivity contribution < 1.29 is 4.57 Å². The summed E-state index contributed by atoms with van der Waals surface area (Å²) in [6, 6.07) is 18.6. The molecule has 3 aromatic rings. The third-order valence-electron chi connectivity index (χ3n) is 3.50. The van der Waals surface area contributed by atoms with Gasteiger partial charge in [0.2, 0.25) is 0 Å². The summed E-state index contributed by atoms with van der Waals surface area (Å²) in [6.45, 7) is 0. The molecule has 0 N–H and O–H groups in total. The molecule has 0 aromatic heterocycles. The second-order valence-electron chi connectivity index (χ2n) is 4.84. The molecule has 0 saturated carbocycles. The van der Waals surface area contributed by atoms with Crippen LogP contribution in [-0.2, 0) is 11.0 Å². The molecular formula is C16H13Cl2OP. The van der Waals surface area contributed by atoms with Gasteiger partial charge in [-0.1, -0.05) is 48.5 Å². The lowest BCUT2D eigenvalue weighted by Gasteiger charge is -2.11. The third-order valence-corrected chi connectivity index (χ3v) is 5.26. The second-order valence-corrected chi connectivity index (χ2v) is 10.2. The zero-order valence-corrected chi connectivity index (χ0v) is 13.1. The molecule has 0 aliphatic carbocycles. The van der Waals surface area contributed by atoms with Crippen molar-refractivity contribution in [3.8, 4) is 0 Å². The van der Waals surface area contributed by atoms with Crippen molar-refractivity contribution in [2.45, 2.75) is 6.42 Å². The number of benzene rings is 3. The van der Waals surface area contributed by atoms with E-state index in [2.05, 4.69) is 30.3 Å². The first kappa shape index (κ1) is 13.9. The van der Waals surface area contributed by atoms with Crippen LogP contribution in [0.3, 0.4) is 0 Å². The lowest BCUT2D eigenvalue weighted by Crippen LogP contribution is -1.93. The summed E-state index contributed by atoms with van der Waals surface area (Å²) in [6.07, 6.45) is 0.917. The van der Waals surface area contributed by atoms with E-state index in [0.29, 0.717) is 12.6 Å². The number of halogens is 2. The first-order valence-electron chi connectivity index (χ1n) is 6.42. The minimum atomic E-state index is -3.04. The maximum Gasteiger partial charge on any atom is 0.253 e. The van der Waals surface area contributed by atoms with E-state index in [1.165, 1.54) is 27.1 Å². The topological polar surface area (TPSA) is 17.1 Å². The van der Waals surface area contributed by atoms with Crippen LogP contribution in [0, 0.1) is 0 Å². The van der Waals surface area contributed by atoms with E-state index in [1.807, 2.05) is 24.3 Å². The van der Waals surface area contributed by atoms with Crippen LogP contribution in [0.1, 0.15) is 5.56 Å². The predicted molar refractivity (Wildman–Crippen MR) is 89.3 cm³/mol. The summed E-state index contributed by atoms with van der Waals surface area (Å²) >= 11 is 11.4. The molecule has 0 radical (unpaired) electrons. The van der Waals surface area contributed by atoms with Crippen LogP contribution in [0.25, 0.3) is 21.5 Å². The van der Waals surface area contributed by atoms with Gasteiger partial charge in [0, 0.05) is 6.16 Å². The zero-order chi connectivity index (χ0) is 14.2. The van der Waals surface area contributed by atoms with Gasteiger partial charge < -0.3 is 0 Å². The van der Waals surface area contributed by atoms with E-state index in [-0.39, 0.29) is 0 Å². The summed E-state index contributed by atoms with van der Waals surface area (Å²) < 4.78 is 11.6. The highest BCUT2D eigenvalue weighted by molar-refractivity contribution is 8.08. The highest BCUT2D eigenvalue weighted by atomic mass is 35.9. The lowest BCUT2D eigenvalue weighted by molar-refractivity contribution is 0.592. The number of fused-ring (bicyclic) bond motifs is 2. The van der Waals surface area contributed by atoms with E-state index in [1.54, 1.807) is 0 Å². The minimum absolute atomic E-state index is 0.300. The smallest absolute Gasteiger partial charge is 0.253 e. The molecule has 0 fully saturated rings. The molecule has 0 bridgehead atoms. The number of hydrogen-bond donors (Lipinski definition) is 0. The van der Waals surface area contributed by atoms with Crippen LogP contribution in [0.5, 0.6) is 0 Å². The van der Waals surface area contributed by atoms with Crippen molar-refractivity contribution in [3.05, 3.63) is 60.2 Å². The van der Waals surface area contributed by atoms with Gasteiger partial charge in [0.15, 0.2) is 0 Å². The number of hydrogen-bond acceptors (Lipinski definition) is 1. The molecule has 0 amide bonds. The van der Waals surface area contributed by atoms with E-state index in [4.69, 9.17) is 22.5 Å². The molecule has 3 rings (SSSR count). The van der Waals surface area contributed by atoms with Gasteiger partial charge in [0.05, 0.1) is 0 Å². The molecule has 20 heavy (non-hydrogen) atoms. The summed E-state index contributed by atoms with van der Waals surface area (Å²) in [5.74, 6) is -3.04. The van der Waals surface area contributed by atoms with Crippen molar-refractivity contribution >= 4 is 49.9 Å². The largest absolute Gasteiger partial charge is 0.289 e. The van der Waals surface area contributed by atoms with Crippen molar-refractivity contribution in [2.75, 3.05) is 6.16 Å². The molecule has 1 nitrogen and oxygen atoms in total. The normalized spacial score (nSPS) is 12.1. The standard InChI is InChI=1S/C16H13Cl2OP/c17-20(18,19)10-9-16-14-7-3-1-5-12(14)11-13-6-2-4-8-15(13)16/h1-8,11H,9-10H2. The van der Waals surface area contributed by atoms with E-state index < -0.39 is 5.85 Å². The first-order valence-corrected chi connectivity index (χ1v) is 10.1. The molecule has 102 valence electrons. The van der Waals surface area contributed by atoms with Crippen molar-refractivity contribution in [3.63, 3.8) is 0 Å². The molecule has 0 aliphatic rings. The van der Waals surface area contributed by atoms with Crippen LogP contribution in [0.4, 0.5) is 0 Å². The molecular weight excluding hydrogens is 310 g/mol. The quantitative estimate of drug-likeness (QED) is 0.414. The van der Waals surface area contributed by atoms with Gasteiger partial charge in [0.25, 0.3) is 5.85 Å². The van der Waals surface area contributed by atoms with Gasteiger partial charge in [-0.2, -0.15) is 0 Å². The van der Waals surface area contributed by atoms with Gasteiger partial charge in [-0.3, -0.25) is 4.57 Å². The summed E-state index contributed by atoms with van der Waals surface area (Å²) in [4.78, 5) is 0. The highest BCUT2D eigenvalue weighted by Gasteiger charge is 2.16. The van der Waals surface area contributed by atoms with Crippen molar-refractivity contribution in [1.82, 2.24) is 0 Å². The Morgan fingerprint density at radius 3 is 1.85 bits per heavy atom. The lowest BCUT2D eigenvalue weighted by atomic mass is 9.95. The molecule has 0 spiro atoms. The average molecular weight is 323 g/mol. The Kier molecular flexibility index (Phi) is 3.77. The summed E-state index contributed by atoms with van der Waals surface area (Å²) in [7, 11) is 0. The van der Waals surface area contributed by atoms with Crippen LogP contribution in [0.2, 0.25) is 0 Å². The Bertz CT molecular complexity index is 769. The molecule has 0 heterocycles. The number of aryl methyl sites for hydroxylation is 1. The fourth-order valence-corrected chi connectivity index (χ4v) is 3.61. The SMILES string of the molecule is O=P(Cl)(Cl)CCc1c2ccccc2cc2ccccc12. The van der Waals surface area contributed by atoms with Gasteiger partial charge in [-0.05, 0) is 62.1 Å². The minimum Gasteiger partial charge on any atom is -0.289 e. The Morgan fingerprint density at radius 1 is 0.850 bits per heavy atom. The van der Waals surface area contributed by atoms with E-state index >= 15 is 0 Å². The number of rotatable bonds is 3. The second kappa shape index (κ2) is 5.41. The molecule has 3 aromatic carbocycles. The van der Waals surface area contributed by atoms with Crippen molar-refractivity contribution in [1.29, 1.82) is 0 Å². The molecule has 4 heteroatoms. The molecule has 0 atom stereocenters. The van der Waals surface area contributed by atoms with Crippen LogP contribution in [0.15, 0.2) is 54.6 Å². The fourth-order valence-electron chi connectivity index (χ4n) is 2.62. The molecule has 0 saturated heterocycles. The van der Waals surface area contributed by atoms with Gasteiger partial charge >= 0.3 is 0 Å². The summed E-state index contributed by atoms with van der Waals surface area (Å²) in [5.41, 5.74) is 1.17. The van der Waals surface area contributed by atoms with E-state index in [0.717, 1.165) is 0 Å². The van der Waals surface area contributed by atoms with E-state index in [9.17, 15) is 4.57 Å².